The molecule has 0 aliphatic heterocycles. The molecule has 2 rings (SSSR count). The van der Waals surface area contributed by atoms with Crippen molar-refractivity contribution in [2.45, 2.75) is 31.8 Å². The fraction of sp³-hybridized carbons (Fsp3) is 0.400. The molecule has 108 valence electrons. The summed E-state index contributed by atoms with van der Waals surface area (Å²) in [7, 11) is 1.59. The molecule has 0 bridgehead atoms. The molecule has 1 aliphatic carbocycles. The highest BCUT2D eigenvalue weighted by Gasteiger charge is 2.18. The molecular weight excluding hydrogens is 258 g/mol. The summed E-state index contributed by atoms with van der Waals surface area (Å²) in [5.74, 6) is 0.793. The van der Waals surface area contributed by atoms with Crippen molar-refractivity contribution in [1.82, 2.24) is 5.48 Å². The Labute approximate surface area is 118 Å². The Bertz CT molecular complexity index is 493. The summed E-state index contributed by atoms with van der Waals surface area (Å²) >= 11 is 0. The standard InChI is InChI=1S/C15H19NO4/c1-19-14-10-11(7-9-15(17)16-18)6-8-13(14)20-12-4-2-3-5-12/h6-10,12,18H,2-5H2,1H3,(H,16,17)/b9-7+. The maximum absolute atomic E-state index is 10.9. The van der Waals surface area contributed by atoms with E-state index in [0.717, 1.165) is 24.2 Å². The average Bonchev–Trinajstić information content (AvgIpc) is 2.98. The SMILES string of the molecule is COc1cc(/C=C/C(=O)NO)ccc1OC1CCCC1. The Morgan fingerprint density at radius 1 is 1.35 bits per heavy atom. The van der Waals surface area contributed by atoms with Gasteiger partial charge in [-0.1, -0.05) is 6.07 Å². The summed E-state index contributed by atoms with van der Waals surface area (Å²) in [6, 6.07) is 5.48. The number of benzene rings is 1. The lowest BCUT2D eigenvalue weighted by Gasteiger charge is -2.16. The number of hydrogen-bond donors (Lipinski definition) is 2. The number of methoxy groups -OCH3 is 1. The highest BCUT2D eigenvalue weighted by molar-refractivity contribution is 5.90. The second kappa shape index (κ2) is 6.96. The van der Waals surface area contributed by atoms with Crippen molar-refractivity contribution in [3.05, 3.63) is 29.8 Å². The molecule has 20 heavy (non-hydrogen) atoms. The zero-order valence-electron chi connectivity index (χ0n) is 11.5. The summed E-state index contributed by atoms with van der Waals surface area (Å²) in [6.07, 6.45) is 7.70. The summed E-state index contributed by atoms with van der Waals surface area (Å²) < 4.78 is 11.3. The van der Waals surface area contributed by atoms with Crippen LogP contribution in [0.3, 0.4) is 0 Å². The molecule has 1 fully saturated rings. The van der Waals surface area contributed by atoms with Crippen LogP contribution in [0.2, 0.25) is 0 Å². The molecule has 0 spiro atoms. The third-order valence-electron chi connectivity index (χ3n) is 3.32. The molecule has 1 amide bonds. The van der Waals surface area contributed by atoms with Gasteiger partial charge in [0, 0.05) is 6.08 Å². The first kappa shape index (κ1) is 14.4. The minimum atomic E-state index is -0.574. The van der Waals surface area contributed by atoms with Crippen molar-refractivity contribution in [2.75, 3.05) is 7.11 Å². The zero-order valence-corrected chi connectivity index (χ0v) is 11.5. The molecule has 0 atom stereocenters. The average molecular weight is 277 g/mol. The van der Waals surface area contributed by atoms with Crippen LogP contribution in [0.1, 0.15) is 31.2 Å². The lowest BCUT2D eigenvalue weighted by Crippen LogP contribution is -2.14. The predicted octanol–water partition coefficient (Wildman–Crippen LogP) is 2.54. The van der Waals surface area contributed by atoms with Gasteiger partial charge >= 0.3 is 0 Å². The topological polar surface area (TPSA) is 67.8 Å². The number of carbonyl (C=O) groups is 1. The largest absolute Gasteiger partial charge is 0.493 e. The van der Waals surface area contributed by atoms with Crippen LogP contribution >= 0.6 is 0 Å². The number of ether oxygens (including phenoxy) is 2. The van der Waals surface area contributed by atoms with Crippen LogP contribution in [0.25, 0.3) is 6.08 Å². The maximum atomic E-state index is 10.9. The van der Waals surface area contributed by atoms with Crippen molar-refractivity contribution in [3.8, 4) is 11.5 Å². The number of carbonyl (C=O) groups excluding carboxylic acids is 1. The molecule has 0 heterocycles. The summed E-state index contributed by atoms with van der Waals surface area (Å²) in [5.41, 5.74) is 2.34. The van der Waals surface area contributed by atoms with Gasteiger partial charge in [-0.2, -0.15) is 0 Å². The molecule has 0 unspecified atom stereocenters. The van der Waals surface area contributed by atoms with E-state index in [4.69, 9.17) is 14.7 Å². The predicted molar refractivity (Wildman–Crippen MR) is 74.8 cm³/mol. The Balaban J connectivity index is 2.10. The highest BCUT2D eigenvalue weighted by Crippen LogP contribution is 2.32. The monoisotopic (exact) mass is 277 g/mol. The van der Waals surface area contributed by atoms with E-state index in [1.54, 1.807) is 24.7 Å². The van der Waals surface area contributed by atoms with Gasteiger partial charge < -0.3 is 9.47 Å². The van der Waals surface area contributed by atoms with Gasteiger partial charge in [-0.05, 0) is 49.5 Å². The third-order valence-corrected chi connectivity index (χ3v) is 3.32. The number of hydrogen-bond acceptors (Lipinski definition) is 4. The molecular formula is C15H19NO4. The Kier molecular flexibility index (Phi) is 5.01. The number of rotatable bonds is 5. The van der Waals surface area contributed by atoms with Crippen LogP contribution in [-0.2, 0) is 4.79 Å². The van der Waals surface area contributed by atoms with Gasteiger partial charge in [0.25, 0.3) is 5.91 Å². The fourth-order valence-electron chi connectivity index (χ4n) is 2.28. The second-order valence-electron chi connectivity index (χ2n) is 4.74. The maximum Gasteiger partial charge on any atom is 0.267 e. The van der Waals surface area contributed by atoms with E-state index in [2.05, 4.69) is 0 Å². The lowest BCUT2D eigenvalue weighted by molar-refractivity contribution is -0.124. The quantitative estimate of drug-likeness (QED) is 0.493. The molecule has 0 saturated heterocycles. The van der Waals surface area contributed by atoms with Crippen molar-refractivity contribution in [1.29, 1.82) is 0 Å². The van der Waals surface area contributed by atoms with Crippen LogP contribution in [-0.4, -0.2) is 24.3 Å². The van der Waals surface area contributed by atoms with E-state index in [-0.39, 0.29) is 6.10 Å². The minimum Gasteiger partial charge on any atom is -0.493 e. The van der Waals surface area contributed by atoms with Crippen molar-refractivity contribution in [2.24, 2.45) is 0 Å². The first-order valence-electron chi connectivity index (χ1n) is 6.70. The lowest BCUT2D eigenvalue weighted by atomic mass is 10.2. The van der Waals surface area contributed by atoms with E-state index in [1.807, 2.05) is 12.1 Å². The molecule has 1 aliphatic rings. The van der Waals surface area contributed by atoms with Crippen molar-refractivity contribution >= 4 is 12.0 Å². The van der Waals surface area contributed by atoms with Gasteiger partial charge in [-0.3, -0.25) is 10.0 Å². The van der Waals surface area contributed by atoms with Gasteiger partial charge in [0.1, 0.15) is 0 Å². The molecule has 5 heteroatoms. The molecule has 5 nitrogen and oxygen atoms in total. The molecule has 1 saturated carbocycles. The molecule has 1 aromatic carbocycles. The van der Waals surface area contributed by atoms with Gasteiger partial charge in [0.05, 0.1) is 13.2 Å². The first-order valence-corrected chi connectivity index (χ1v) is 6.70. The van der Waals surface area contributed by atoms with Crippen LogP contribution < -0.4 is 15.0 Å². The van der Waals surface area contributed by atoms with Crippen LogP contribution in [0.15, 0.2) is 24.3 Å². The van der Waals surface area contributed by atoms with E-state index >= 15 is 0 Å². The van der Waals surface area contributed by atoms with Crippen molar-refractivity contribution < 1.29 is 19.5 Å². The molecule has 1 aromatic rings. The van der Waals surface area contributed by atoms with Crippen molar-refractivity contribution in [3.63, 3.8) is 0 Å². The minimum absolute atomic E-state index is 0.269. The number of nitrogens with one attached hydrogen (secondary N) is 1. The van der Waals surface area contributed by atoms with Crippen LogP contribution in [0.4, 0.5) is 0 Å². The van der Waals surface area contributed by atoms with Gasteiger partial charge in [0.15, 0.2) is 11.5 Å². The summed E-state index contributed by atoms with van der Waals surface area (Å²) in [6.45, 7) is 0. The molecule has 0 aromatic heterocycles. The summed E-state index contributed by atoms with van der Waals surface area (Å²) in [4.78, 5) is 10.9. The number of hydroxylamine groups is 1. The van der Waals surface area contributed by atoms with Gasteiger partial charge in [0.2, 0.25) is 0 Å². The van der Waals surface area contributed by atoms with E-state index in [9.17, 15) is 4.79 Å². The second-order valence-corrected chi connectivity index (χ2v) is 4.74. The Morgan fingerprint density at radius 3 is 2.75 bits per heavy atom. The van der Waals surface area contributed by atoms with E-state index < -0.39 is 5.91 Å². The highest BCUT2D eigenvalue weighted by atomic mass is 16.5. The van der Waals surface area contributed by atoms with Gasteiger partial charge in [-0.25, -0.2) is 5.48 Å². The van der Waals surface area contributed by atoms with Crippen LogP contribution in [0, 0.1) is 0 Å². The fourth-order valence-corrected chi connectivity index (χ4v) is 2.28. The molecule has 0 radical (unpaired) electrons. The number of amides is 1. The normalized spacial score (nSPS) is 15.5. The Hall–Kier alpha value is -2.01. The smallest absolute Gasteiger partial charge is 0.267 e. The van der Waals surface area contributed by atoms with Crippen LogP contribution in [0.5, 0.6) is 11.5 Å². The summed E-state index contributed by atoms with van der Waals surface area (Å²) in [5, 5.41) is 8.42. The Morgan fingerprint density at radius 2 is 2.10 bits per heavy atom. The van der Waals surface area contributed by atoms with E-state index in [0.29, 0.717) is 5.75 Å². The van der Waals surface area contributed by atoms with E-state index in [1.165, 1.54) is 18.9 Å². The first-order chi connectivity index (χ1) is 9.72. The zero-order chi connectivity index (χ0) is 14.4. The third kappa shape index (κ3) is 3.74. The van der Waals surface area contributed by atoms with Gasteiger partial charge in [-0.15, -0.1) is 0 Å². The molecule has 2 N–H and O–H groups in total.